The number of nitrogens with one attached hydrogen (secondary N) is 1. The Hall–Kier alpha value is -2.42. The lowest BCUT2D eigenvalue weighted by Gasteiger charge is -2.27. The van der Waals surface area contributed by atoms with Crippen molar-refractivity contribution in [2.24, 2.45) is 0 Å². The summed E-state index contributed by atoms with van der Waals surface area (Å²) in [4.78, 5) is 18.5. The highest BCUT2D eigenvalue weighted by atomic mass is 32.2. The molecule has 1 aliphatic heterocycles. The van der Waals surface area contributed by atoms with Crippen LogP contribution in [-0.2, 0) is 0 Å². The molecule has 1 aliphatic rings. The van der Waals surface area contributed by atoms with Gasteiger partial charge >= 0.3 is 6.03 Å². The largest absolute Gasteiger partial charge is 0.493 e. The van der Waals surface area contributed by atoms with E-state index in [1.165, 1.54) is 0 Å². The molecule has 0 radical (unpaired) electrons. The standard InChI is InChI=1S/C17H22N4O4S/c1-11(18-17(22)21-6-8-26-9-7-21)16-19-15(20-25-16)12-4-5-13(23-2)14(10-12)24-3/h4-5,10-11H,6-9H2,1-3H3,(H,18,22). The van der Waals surface area contributed by atoms with E-state index in [0.29, 0.717) is 23.2 Å². The number of ether oxygens (including phenoxy) is 2. The molecule has 2 aromatic rings. The first-order valence-corrected chi connectivity index (χ1v) is 9.47. The number of urea groups is 1. The highest BCUT2D eigenvalue weighted by Gasteiger charge is 2.22. The van der Waals surface area contributed by atoms with Gasteiger partial charge in [0.25, 0.3) is 0 Å². The van der Waals surface area contributed by atoms with Gasteiger partial charge in [-0.3, -0.25) is 0 Å². The van der Waals surface area contributed by atoms with E-state index in [1.54, 1.807) is 31.3 Å². The van der Waals surface area contributed by atoms with Crippen LogP contribution in [0.1, 0.15) is 18.9 Å². The first-order chi connectivity index (χ1) is 12.6. The maximum atomic E-state index is 12.3. The molecule has 140 valence electrons. The summed E-state index contributed by atoms with van der Waals surface area (Å²) in [6.45, 7) is 3.33. The van der Waals surface area contributed by atoms with Crippen molar-refractivity contribution in [1.82, 2.24) is 20.4 Å². The number of thioether (sulfide) groups is 1. The summed E-state index contributed by atoms with van der Waals surface area (Å²) >= 11 is 1.86. The quantitative estimate of drug-likeness (QED) is 0.855. The molecule has 0 aliphatic carbocycles. The lowest BCUT2D eigenvalue weighted by molar-refractivity contribution is 0.196. The van der Waals surface area contributed by atoms with Gasteiger partial charge in [-0.05, 0) is 25.1 Å². The van der Waals surface area contributed by atoms with E-state index in [4.69, 9.17) is 14.0 Å². The Balaban J connectivity index is 1.69. The van der Waals surface area contributed by atoms with E-state index < -0.39 is 0 Å². The summed E-state index contributed by atoms with van der Waals surface area (Å²) < 4.78 is 15.9. The van der Waals surface area contributed by atoms with Gasteiger partial charge in [0.15, 0.2) is 11.5 Å². The monoisotopic (exact) mass is 378 g/mol. The number of amides is 2. The minimum Gasteiger partial charge on any atom is -0.493 e. The molecule has 1 fully saturated rings. The molecule has 1 N–H and O–H groups in total. The van der Waals surface area contributed by atoms with Gasteiger partial charge < -0.3 is 24.2 Å². The van der Waals surface area contributed by atoms with Crippen LogP contribution in [-0.4, -0.2) is 59.9 Å². The normalized spacial score (nSPS) is 15.4. The molecule has 26 heavy (non-hydrogen) atoms. The van der Waals surface area contributed by atoms with E-state index in [9.17, 15) is 4.79 Å². The fraction of sp³-hybridized carbons (Fsp3) is 0.471. The zero-order valence-corrected chi connectivity index (χ0v) is 15.8. The van der Waals surface area contributed by atoms with Crippen LogP contribution in [0.25, 0.3) is 11.4 Å². The zero-order valence-electron chi connectivity index (χ0n) is 15.0. The molecule has 2 heterocycles. The molecule has 1 saturated heterocycles. The molecule has 1 atom stereocenters. The summed E-state index contributed by atoms with van der Waals surface area (Å²) in [5.41, 5.74) is 0.740. The Labute approximate surface area is 156 Å². The Bertz CT molecular complexity index is 761. The number of hydrogen-bond donors (Lipinski definition) is 1. The van der Waals surface area contributed by atoms with Crippen molar-refractivity contribution < 1.29 is 18.8 Å². The van der Waals surface area contributed by atoms with Crippen LogP contribution < -0.4 is 14.8 Å². The van der Waals surface area contributed by atoms with E-state index >= 15 is 0 Å². The second-order valence-corrected chi connectivity index (χ2v) is 7.02. The number of rotatable bonds is 5. The van der Waals surface area contributed by atoms with Crippen molar-refractivity contribution in [1.29, 1.82) is 0 Å². The van der Waals surface area contributed by atoms with Gasteiger partial charge in [-0.1, -0.05) is 5.16 Å². The fourth-order valence-electron chi connectivity index (χ4n) is 2.61. The van der Waals surface area contributed by atoms with Crippen molar-refractivity contribution in [3.63, 3.8) is 0 Å². The zero-order chi connectivity index (χ0) is 18.5. The third-order valence-corrected chi connectivity index (χ3v) is 5.03. The van der Waals surface area contributed by atoms with Crippen LogP contribution in [0.3, 0.4) is 0 Å². The van der Waals surface area contributed by atoms with Crippen LogP contribution in [0.15, 0.2) is 22.7 Å². The third-order valence-electron chi connectivity index (χ3n) is 4.09. The van der Waals surface area contributed by atoms with Crippen LogP contribution in [0, 0.1) is 0 Å². The first kappa shape index (κ1) is 18.4. The average molecular weight is 378 g/mol. The molecule has 1 aromatic heterocycles. The molecule has 3 rings (SSSR count). The van der Waals surface area contributed by atoms with Crippen molar-refractivity contribution in [2.45, 2.75) is 13.0 Å². The highest BCUT2D eigenvalue weighted by molar-refractivity contribution is 7.99. The number of carbonyl (C=O) groups is 1. The number of carbonyl (C=O) groups excluding carboxylic acids is 1. The van der Waals surface area contributed by atoms with Crippen molar-refractivity contribution >= 4 is 17.8 Å². The van der Waals surface area contributed by atoms with Crippen LogP contribution in [0.5, 0.6) is 11.5 Å². The third kappa shape index (κ3) is 4.04. The van der Waals surface area contributed by atoms with Gasteiger partial charge in [0.1, 0.15) is 6.04 Å². The average Bonchev–Trinajstić information content (AvgIpc) is 3.18. The molecular formula is C17H22N4O4S. The lowest BCUT2D eigenvalue weighted by Crippen LogP contribution is -2.45. The van der Waals surface area contributed by atoms with Crippen LogP contribution in [0.2, 0.25) is 0 Å². The van der Waals surface area contributed by atoms with Crippen molar-refractivity contribution in [2.75, 3.05) is 38.8 Å². The van der Waals surface area contributed by atoms with Crippen molar-refractivity contribution in [3.05, 3.63) is 24.1 Å². The maximum absolute atomic E-state index is 12.3. The molecule has 9 heteroatoms. The van der Waals surface area contributed by atoms with Gasteiger partial charge in [0.05, 0.1) is 14.2 Å². The maximum Gasteiger partial charge on any atom is 0.318 e. The Kier molecular flexibility index (Phi) is 5.87. The Morgan fingerprint density at radius 1 is 1.27 bits per heavy atom. The van der Waals surface area contributed by atoms with Gasteiger partial charge in [-0.2, -0.15) is 16.7 Å². The fourth-order valence-corrected chi connectivity index (χ4v) is 3.51. The lowest BCUT2D eigenvalue weighted by atomic mass is 10.2. The van der Waals surface area contributed by atoms with E-state index in [0.717, 1.165) is 30.2 Å². The molecule has 1 aromatic carbocycles. The number of hydrogen-bond acceptors (Lipinski definition) is 7. The summed E-state index contributed by atoms with van der Waals surface area (Å²) in [5.74, 6) is 3.92. The summed E-state index contributed by atoms with van der Waals surface area (Å²) in [5, 5.41) is 6.92. The smallest absolute Gasteiger partial charge is 0.318 e. The van der Waals surface area contributed by atoms with Gasteiger partial charge in [-0.25, -0.2) is 4.79 Å². The number of aromatic nitrogens is 2. The van der Waals surface area contributed by atoms with Crippen molar-refractivity contribution in [3.8, 4) is 22.9 Å². The molecule has 0 saturated carbocycles. The molecular weight excluding hydrogens is 356 g/mol. The first-order valence-electron chi connectivity index (χ1n) is 8.31. The topological polar surface area (TPSA) is 89.7 Å². The van der Waals surface area contributed by atoms with Gasteiger partial charge in [0, 0.05) is 30.2 Å². The van der Waals surface area contributed by atoms with Crippen LogP contribution >= 0.6 is 11.8 Å². The number of methoxy groups -OCH3 is 2. The molecule has 1 unspecified atom stereocenters. The number of benzene rings is 1. The number of nitrogens with zero attached hydrogens (tertiary/aromatic N) is 3. The van der Waals surface area contributed by atoms with Gasteiger partial charge in [0.2, 0.25) is 11.7 Å². The van der Waals surface area contributed by atoms with E-state index in [1.807, 2.05) is 24.8 Å². The predicted molar refractivity (Wildman–Crippen MR) is 98.7 cm³/mol. The van der Waals surface area contributed by atoms with E-state index in [-0.39, 0.29) is 12.1 Å². The van der Waals surface area contributed by atoms with Crippen LogP contribution in [0.4, 0.5) is 4.79 Å². The highest BCUT2D eigenvalue weighted by Crippen LogP contribution is 2.31. The SMILES string of the molecule is COc1ccc(-c2noc(C(C)NC(=O)N3CCSCC3)n2)cc1OC. The second kappa shape index (κ2) is 8.31. The molecule has 8 nitrogen and oxygen atoms in total. The summed E-state index contributed by atoms with van der Waals surface area (Å²) in [7, 11) is 3.15. The summed E-state index contributed by atoms with van der Waals surface area (Å²) in [6, 6.07) is 4.90. The summed E-state index contributed by atoms with van der Waals surface area (Å²) in [6.07, 6.45) is 0. The minimum absolute atomic E-state index is 0.108. The molecule has 0 spiro atoms. The predicted octanol–water partition coefficient (Wildman–Crippen LogP) is 2.57. The Morgan fingerprint density at radius 3 is 2.69 bits per heavy atom. The molecule has 2 amide bonds. The second-order valence-electron chi connectivity index (χ2n) is 5.80. The van der Waals surface area contributed by atoms with E-state index in [2.05, 4.69) is 15.5 Å². The Morgan fingerprint density at radius 2 is 2.00 bits per heavy atom. The van der Waals surface area contributed by atoms with Gasteiger partial charge in [-0.15, -0.1) is 0 Å². The minimum atomic E-state index is -0.376. The molecule has 0 bridgehead atoms.